The van der Waals surface area contributed by atoms with Crippen LogP contribution in [0, 0.1) is 11.7 Å². The number of oxazole rings is 1. The van der Waals surface area contributed by atoms with Crippen molar-refractivity contribution in [2.24, 2.45) is 5.92 Å². The van der Waals surface area contributed by atoms with E-state index in [4.69, 9.17) is 9.40 Å². The number of aromatic nitrogens is 3. The SMILES string of the molecule is O=C(O)C1CCN(c2nc(-c3ccc(-c4ccc(F)cc4)cc3)c(-c3cncnc3)o2)C1. The van der Waals surface area contributed by atoms with E-state index in [0.29, 0.717) is 42.5 Å². The normalized spacial score (nSPS) is 15.8. The number of carboxylic acids is 1. The Labute approximate surface area is 183 Å². The number of halogens is 1. The number of aliphatic carboxylic acids is 1. The molecule has 32 heavy (non-hydrogen) atoms. The molecule has 0 radical (unpaired) electrons. The van der Waals surface area contributed by atoms with E-state index < -0.39 is 11.9 Å². The van der Waals surface area contributed by atoms with Gasteiger partial charge in [0, 0.05) is 31.0 Å². The maximum absolute atomic E-state index is 13.2. The van der Waals surface area contributed by atoms with Gasteiger partial charge in [0.05, 0.1) is 11.5 Å². The molecule has 1 N–H and O–H groups in total. The third-order valence-electron chi connectivity index (χ3n) is 5.58. The fraction of sp³-hybridized carbons (Fsp3) is 0.167. The Bertz CT molecular complexity index is 1240. The van der Waals surface area contributed by atoms with E-state index in [0.717, 1.165) is 16.7 Å². The lowest BCUT2D eigenvalue weighted by Crippen LogP contribution is -2.22. The van der Waals surface area contributed by atoms with Crippen molar-refractivity contribution in [3.05, 3.63) is 73.1 Å². The minimum absolute atomic E-state index is 0.276. The summed E-state index contributed by atoms with van der Waals surface area (Å²) in [6.07, 6.45) is 5.29. The van der Waals surface area contributed by atoms with Crippen molar-refractivity contribution >= 4 is 12.0 Å². The summed E-state index contributed by atoms with van der Waals surface area (Å²) in [5.74, 6) is -1.01. The van der Waals surface area contributed by atoms with Crippen LogP contribution in [0.5, 0.6) is 0 Å². The summed E-state index contributed by atoms with van der Waals surface area (Å²) >= 11 is 0. The molecule has 0 aliphatic carbocycles. The van der Waals surface area contributed by atoms with Gasteiger partial charge in [0.25, 0.3) is 6.01 Å². The average molecular weight is 430 g/mol. The van der Waals surface area contributed by atoms with Crippen molar-refractivity contribution in [2.75, 3.05) is 18.0 Å². The lowest BCUT2D eigenvalue weighted by molar-refractivity contribution is -0.140. The molecule has 160 valence electrons. The highest BCUT2D eigenvalue weighted by Gasteiger charge is 2.31. The summed E-state index contributed by atoms with van der Waals surface area (Å²) in [7, 11) is 0. The second kappa shape index (κ2) is 8.22. The molecule has 0 bridgehead atoms. The highest BCUT2D eigenvalue weighted by atomic mass is 19.1. The molecular weight excluding hydrogens is 411 g/mol. The van der Waals surface area contributed by atoms with E-state index in [9.17, 15) is 14.3 Å². The predicted molar refractivity (Wildman–Crippen MR) is 116 cm³/mol. The fourth-order valence-corrected chi connectivity index (χ4v) is 3.85. The highest BCUT2D eigenvalue weighted by molar-refractivity contribution is 5.79. The molecule has 0 saturated carbocycles. The lowest BCUT2D eigenvalue weighted by atomic mass is 10.0. The number of carboxylic acid groups (broad SMARTS) is 1. The first-order valence-corrected chi connectivity index (χ1v) is 10.2. The van der Waals surface area contributed by atoms with Gasteiger partial charge in [-0.05, 0) is 29.7 Å². The number of hydrogen-bond donors (Lipinski definition) is 1. The molecule has 1 atom stereocenters. The largest absolute Gasteiger partial charge is 0.481 e. The van der Waals surface area contributed by atoms with Crippen LogP contribution in [0.15, 0.2) is 71.7 Å². The summed E-state index contributed by atoms with van der Waals surface area (Å²) in [4.78, 5) is 26.1. The molecule has 5 rings (SSSR count). The molecule has 0 spiro atoms. The van der Waals surface area contributed by atoms with Crippen LogP contribution >= 0.6 is 0 Å². The summed E-state index contributed by atoms with van der Waals surface area (Å²) in [6, 6.07) is 14.5. The van der Waals surface area contributed by atoms with Gasteiger partial charge in [-0.3, -0.25) is 4.79 Å². The van der Waals surface area contributed by atoms with E-state index in [1.807, 2.05) is 29.2 Å². The minimum atomic E-state index is -0.813. The van der Waals surface area contributed by atoms with Crippen molar-refractivity contribution in [3.63, 3.8) is 0 Å². The van der Waals surface area contributed by atoms with Gasteiger partial charge in [-0.1, -0.05) is 36.4 Å². The molecule has 3 heterocycles. The van der Waals surface area contributed by atoms with Crippen molar-refractivity contribution in [1.29, 1.82) is 0 Å². The molecule has 1 fully saturated rings. The number of nitrogens with zero attached hydrogens (tertiary/aromatic N) is 4. The van der Waals surface area contributed by atoms with E-state index in [-0.39, 0.29) is 5.82 Å². The van der Waals surface area contributed by atoms with Crippen LogP contribution in [0.3, 0.4) is 0 Å². The van der Waals surface area contributed by atoms with Crippen LogP contribution < -0.4 is 4.90 Å². The van der Waals surface area contributed by atoms with E-state index in [2.05, 4.69) is 9.97 Å². The van der Waals surface area contributed by atoms with Crippen LogP contribution in [0.4, 0.5) is 10.4 Å². The quantitative estimate of drug-likeness (QED) is 0.498. The average Bonchev–Trinajstić information content (AvgIpc) is 3.48. The lowest BCUT2D eigenvalue weighted by Gasteiger charge is -2.11. The second-order valence-electron chi connectivity index (χ2n) is 7.66. The molecular formula is C24H19FN4O3. The Hall–Kier alpha value is -4.07. The van der Waals surface area contributed by atoms with Gasteiger partial charge in [-0.15, -0.1) is 0 Å². The fourth-order valence-electron chi connectivity index (χ4n) is 3.85. The Morgan fingerprint density at radius 1 is 0.969 bits per heavy atom. The van der Waals surface area contributed by atoms with E-state index >= 15 is 0 Å². The summed E-state index contributed by atoms with van der Waals surface area (Å²) in [5.41, 5.74) is 3.99. The first-order chi connectivity index (χ1) is 15.6. The molecule has 1 saturated heterocycles. The smallest absolute Gasteiger partial charge is 0.308 e. The standard InChI is InChI=1S/C24H19FN4O3/c25-20-7-5-16(6-8-20)15-1-3-17(4-2-15)21-22(19-11-26-14-27-12-19)32-24(28-21)29-10-9-18(13-29)23(30)31/h1-8,11-12,14,18H,9-10,13H2,(H,30,31). The van der Waals surface area contributed by atoms with Gasteiger partial charge in [-0.2, -0.15) is 4.98 Å². The number of hydrogen-bond acceptors (Lipinski definition) is 6. The van der Waals surface area contributed by atoms with Gasteiger partial charge in [0.15, 0.2) is 5.76 Å². The number of carbonyl (C=O) groups is 1. The first-order valence-electron chi connectivity index (χ1n) is 10.2. The maximum Gasteiger partial charge on any atom is 0.308 e. The summed E-state index contributed by atoms with van der Waals surface area (Å²) < 4.78 is 19.3. The predicted octanol–water partition coefficient (Wildman–Crippen LogP) is 4.52. The van der Waals surface area contributed by atoms with Gasteiger partial charge >= 0.3 is 5.97 Å². The van der Waals surface area contributed by atoms with Crippen LogP contribution in [-0.4, -0.2) is 39.1 Å². The van der Waals surface area contributed by atoms with Crippen molar-refractivity contribution in [2.45, 2.75) is 6.42 Å². The van der Waals surface area contributed by atoms with Crippen LogP contribution in [0.2, 0.25) is 0 Å². The third-order valence-corrected chi connectivity index (χ3v) is 5.58. The Kier molecular flexibility index (Phi) is 5.10. The zero-order valence-electron chi connectivity index (χ0n) is 17.0. The Morgan fingerprint density at radius 3 is 2.22 bits per heavy atom. The van der Waals surface area contributed by atoms with Gasteiger partial charge in [-0.25, -0.2) is 14.4 Å². The zero-order valence-corrected chi connectivity index (χ0v) is 17.0. The first kappa shape index (κ1) is 19.9. The summed E-state index contributed by atoms with van der Waals surface area (Å²) in [6.45, 7) is 0.911. The molecule has 2 aromatic heterocycles. The van der Waals surface area contributed by atoms with Crippen molar-refractivity contribution < 1.29 is 18.7 Å². The molecule has 2 aromatic carbocycles. The van der Waals surface area contributed by atoms with Gasteiger partial charge in [0.2, 0.25) is 0 Å². The number of rotatable bonds is 5. The van der Waals surface area contributed by atoms with Crippen LogP contribution in [0.25, 0.3) is 33.7 Å². The molecule has 1 aliphatic rings. The van der Waals surface area contributed by atoms with Gasteiger partial charge in [0.1, 0.15) is 17.8 Å². The van der Waals surface area contributed by atoms with E-state index in [1.54, 1.807) is 24.5 Å². The Morgan fingerprint density at radius 2 is 1.59 bits per heavy atom. The Balaban J connectivity index is 1.51. The molecule has 0 amide bonds. The molecule has 1 aliphatic heterocycles. The topological polar surface area (TPSA) is 92.3 Å². The van der Waals surface area contributed by atoms with Crippen molar-refractivity contribution in [3.8, 4) is 33.7 Å². The second-order valence-corrected chi connectivity index (χ2v) is 7.66. The van der Waals surface area contributed by atoms with Crippen LogP contribution in [0.1, 0.15) is 6.42 Å². The summed E-state index contributed by atoms with van der Waals surface area (Å²) in [5, 5.41) is 9.31. The van der Waals surface area contributed by atoms with Crippen LogP contribution in [-0.2, 0) is 4.79 Å². The molecule has 1 unspecified atom stereocenters. The molecule has 8 heteroatoms. The van der Waals surface area contributed by atoms with Crippen molar-refractivity contribution in [1.82, 2.24) is 15.0 Å². The number of benzene rings is 2. The number of anilines is 1. The van der Waals surface area contributed by atoms with E-state index in [1.165, 1.54) is 18.5 Å². The van der Waals surface area contributed by atoms with Gasteiger partial charge < -0.3 is 14.4 Å². The third kappa shape index (κ3) is 3.82. The highest BCUT2D eigenvalue weighted by Crippen LogP contribution is 2.37. The molecule has 7 nitrogen and oxygen atoms in total. The monoisotopic (exact) mass is 430 g/mol. The maximum atomic E-state index is 13.2. The minimum Gasteiger partial charge on any atom is -0.481 e. The zero-order chi connectivity index (χ0) is 22.1. The molecule has 4 aromatic rings.